The molecule has 0 spiro atoms. The summed E-state index contributed by atoms with van der Waals surface area (Å²) in [7, 11) is 1.82. The molecule has 0 aliphatic rings. The predicted molar refractivity (Wildman–Crippen MR) is 74.0 cm³/mol. The standard InChI is InChI=1S/C12H20N6/c1-4-6-18(7-5-2)11-9-8-14-17-10(9)15-12(13-3)16-11/h8H,4-7H2,1-3H3,(H2,13,14,15,16,17). The monoisotopic (exact) mass is 248 g/mol. The van der Waals surface area contributed by atoms with Crippen LogP contribution < -0.4 is 10.2 Å². The average molecular weight is 248 g/mol. The molecule has 18 heavy (non-hydrogen) atoms. The molecular formula is C12H20N6. The SMILES string of the molecule is CCCN(CCC)c1nc(NC)nc2[nH]ncc12. The van der Waals surface area contributed by atoms with Crippen molar-refractivity contribution in [3.8, 4) is 0 Å². The maximum absolute atomic E-state index is 4.57. The Morgan fingerprint density at radius 1 is 1.22 bits per heavy atom. The van der Waals surface area contributed by atoms with Crippen LogP contribution in [0.2, 0.25) is 0 Å². The van der Waals surface area contributed by atoms with Gasteiger partial charge in [0.05, 0.1) is 11.6 Å². The lowest BCUT2D eigenvalue weighted by atomic mass is 10.3. The summed E-state index contributed by atoms with van der Waals surface area (Å²) < 4.78 is 0. The number of anilines is 2. The normalized spacial score (nSPS) is 10.8. The van der Waals surface area contributed by atoms with Crippen molar-refractivity contribution in [3.63, 3.8) is 0 Å². The molecule has 0 fully saturated rings. The van der Waals surface area contributed by atoms with Crippen molar-refractivity contribution >= 4 is 22.8 Å². The van der Waals surface area contributed by atoms with Gasteiger partial charge in [-0.15, -0.1) is 0 Å². The molecule has 6 heteroatoms. The van der Waals surface area contributed by atoms with Crippen molar-refractivity contribution in [1.29, 1.82) is 0 Å². The summed E-state index contributed by atoms with van der Waals surface area (Å²) in [5, 5.41) is 10.9. The van der Waals surface area contributed by atoms with Crippen LogP contribution in [0.25, 0.3) is 11.0 Å². The average Bonchev–Trinajstić information content (AvgIpc) is 2.85. The number of rotatable bonds is 6. The highest BCUT2D eigenvalue weighted by molar-refractivity contribution is 5.87. The van der Waals surface area contributed by atoms with Gasteiger partial charge in [0.15, 0.2) is 5.65 Å². The molecule has 0 unspecified atom stereocenters. The van der Waals surface area contributed by atoms with Crippen molar-refractivity contribution in [2.45, 2.75) is 26.7 Å². The first-order chi connectivity index (χ1) is 8.80. The Kier molecular flexibility index (Phi) is 3.96. The fourth-order valence-corrected chi connectivity index (χ4v) is 2.04. The van der Waals surface area contributed by atoms with Crippen LogP contribution in [0, 0.1) is 0 Å². The second-order valence-electron chi connectivity index (χ2n) is 4.24. The summed E-state index contributed by atoms with van der Waals surface area (Å²) in [4.78, 5) is 11.2. The quantitative estimate of drug-likeness (QED) is 0.818. The molecule has 0 amide bonds. The van der Waals surface area contributed by atoms with Gasteiger partial charge in [-0.05, 0) is 12.8 Å². The number of nitrogens with zero attached hydrogens (tertiary/aromatic N) is 4. The number of aromatic amines is 1. The third kappa shape index (κ3) is 2.37. The summed E-state index contributed by atoms with van der Waals surface area (Å²) in [6.45, 7) is 6.34. The van der Waals surface area contributed by atoms with Crippen LogP contribution in [0.1, 0.15) is 26.7 Å². The highest BCUT2D eigenvalue weighted by Gasteiger charge is 2.14. The Morgan fingerprint density at radius 2 is 1.94 bits per heavy atom. The molecule has 0 saturated carbocycles. The maximum atomic E-state index is 4.57. The van der Waals surface area contributed by atoms with E-state index in [2.05, 4.69) is 44.2 Å². The molecule has 6 nitrogen and oxygen atoms in total. The number of hydrogen-bond acceptors (Lipinski definition) is 5. The van der Waals surface area contributed by atoms with Gasteiger partial charge in [0.25, 0.3) is 0 Å². The first kappa shape index (κ1) is 12.6. The molecule has 2 aromatic heterocycles. The van der Waals surface area contributed by atoms with Gasteiger partial charge in [0.2, 0.25) is 5.95 Å². The largest absolute Gasteiger partial charge is 0.357 e. The molecule has 0 aromatic carbocycles. The Labute approximate surface area is 107 Å². The lowest BCUT2D eigenvalue weighted by Crippen LogP contribution is -2.26. The van der Waals surface area contributed by atoms with E-state index in [0.29, 0.717) is 5.95 Å². The third-order valence-electron chi connectivity index (χ3n) is 2.80. The minimum atomic E-state index is 0.624. The van der Waals surface area contributed by atoms with Crippen molar-refractivity contribution < 1.29 is 0 Å². The summed E-state index contributed by atoms with van der Waals surface area (Å²) in [5.41, 5.74) is 0.779. The zero-order valence-corrected chi connectivity index (χ0v) is 11.2. The van der Waals surface area contributed by atoms with Gasteiger partial charge in [0, 0.05) is 20.1 Å². The fraction of sp³-hybridized carbons (Fsp3) is 0.583. The van der Waals surface area contributed by atoms with Gasteiger partial charge >= 0.3 is 0 Å². The minimum Gasteiger partial charge on any atom is -0.357 e. The molecule has 2 rings (SSSR count). The Bertz CT molecular complexity index is 500. The first-order valence-electron chi connectivity index (χ1n) is 6.44. The fourth-order valence-electron chi connectivity index (χ4n) is 2.04. The van der Waals surface area contributed by atoms with Crippen LogP contribution in [0.5, 0.6) is 0 Å². The summed E-state index contributed by atoms with van der Waals surface area (Å²) >= 11 is 0. The van der Waals surface area contributed by atoms with Gasteiger partial charge in [0.1, 0.15) is 5.82 Å². The molecule has 0 saturated heterocycles. The third-order valence-corrected chi connectivity index (χ3v) is 2.80. The van der Waals surface area contributed by atoms with Gasteiger partial charge in [-0.2, -0.15) is 15.1 Å². The van der Waals surface area contributed by atoms with Crippen molar-refractivity contribution in [3.05, 3.63) is 6.20 Å². The van der Waals surface area contributed by atoms with Crippen LogP contribution >= 0.6 is 0 Å². The van der Waals surface area contributed by atoms with E-state index in [9.17, 15) is 0 Å². The van der Waals surface area contributed by atoms with Crippen LogP contribution in [0.15, 0.2) is 6.20 Å². The predicted octanol–water partition coefficient (Wildman–Crippen LogP) is 2.02. The number of fused-ring (bicyclic) bond motifs is 1. The smallest absolute Gasteiger partial charge is 0.226 e. The van der Waals surface area contributed by atoms with E-state index in [1.54, 1.807) is 6.20 Å². The van der Waals surface area contributed by atoms with Crippen LogP contribution in [0.3, 0.4) is 0 Å². The first-order valence-corrected chi connectivity index (χ1v) is 6.44. The van der Waals surface area contributed by atoms with E-state index in [0.717, 1.165) is 42.8 Å². The van der Waals surface area contributed by atoms with E-state index in [4.69, 9.17) is 0 Å². The number of H-pyrrole nitrogens is 1. The maximum Gasteiger partial charge on any atom is 0.226 e. The van der Waals surface area contributed by atoms with Crippen molar-refractivity contribution in [2.24, 2.45) is 0 Å². The molecular weight excluding hydrogens is 228 g/mol. The topological polar surface area (TPSA) is 69.7 Å². The van der Waals surface area contributed by atoms with Crippen molar-refractivity contribution in [2.75, 3.05) is 30.4 Å². The molecule has 2 N–H and O–H groups in total. The number of hydrogen-bond donors (Lipinski definition) is 2. The molecule has 0 radical (unpaired) electrons. The van der Waals surface area contributed by atoms with Gasteiger partial charge in [-0.1, -0.05) is 13.8 Å². The molecule has 2 aromatic rings. The lowest BCUT2D eigenvalue weighted by molar-refractivity contribution is 0.737. The molecule has 98 valence electrons. The molecule has 0 aliphatic carbocycles. The van der Waals surface area contributed by atoms with E-state index in [1.807, 2.05) is 7.05 Å². The highest BCUT2D eigenvalue weighted by atomic mass is 15.3. The second kappa shape index (κ2) is 5.66. The molecule has 0 atom stereocenters. The van der Waals surface area contributed by atoms with Crippen LogP contribution in [-0.4, -0.2) is 40.3 Å². The Morgan fingerprint density at radius 3 is 2.56 bits per heavy atom. The van der Waals surface area contributed by atoms with E-state index < -0.39 is 0 Å². The summed E-state index contributed by atoms with van der Waals surface area (Å²) in [6.07, 6.45) is 3.99. The van der Waals surface area contributed by atoms with E-state index >= 15 is 0 Å². The van der Waals surface area contributed by atoms with Gasteiger partial charge < -0.3 is 10.2 Å². The molecule has 0 aliphatic heterocycles. The second-order valence-corrected chi connectivity index (χ2v) is 4.24. The molecule has 2 heterocycles. The lowest BCUT2D eigenvalue weighted by Gasteiger charge is -2.23. The number of nitrogens with one attached hydrogen (secondary N) is 2. The zero-order chi connectivity index (χ0) is 13.0. The van der Waals surface area contributed by atoms with E-state index in [-0.39, 0.29) is 0 Å². The van der Waals surface area contributed by atoms with Crippen molar-refractivity contribution in [1.82, 2.24) is 20.2 Å². The van der Waals surface area contributed by atoms with Gasteiger partial charge in [-0.3, -0.25) is 5.10 Å². The van der Waals surface area contributed by atoms with Crippen LogP contribution in [0.4, 0.5) is 11.8 Å². The number of aromatic nitrogens is 4. The summed E-state index contributed by atoms with van der Waals surface area (Å²) in [6, 6.07) is 0. The Hall–Kier alpha value is -1.85. The molecule has 0 bridgehead atoms. The summed E-state index contributed by atoms with van der Waals surface area (Å²) in [5.74, 6) is 1.58. The van der Waals surface area contributed by atoms with Crippen LogP contribution in [-0.2, 0) is 0 Å². The van der Waals surface area contributed by atoms with Gasteiger partial charge in [-0.25, -0.2) is 0 Å². The Balaban J connectivity index is 2.48. The highest BCUT2D eigenvalue weighted by Crippen LogP contribution is 2.24. The van der Waals surface area contributed by atoms with E-state index in [1.165, 1.54) is 0 Å². The minimum absolute atomic E-state index is 0.624. The zero-order valence-electron chi connectivity index (χ0n) is 11.2.